The zero-order chi connectivity index (χ0) is 10.8. The van der Waals surface area contributed by atoms with Crippen LogP contribution in [0.3, 0.4) is 0 Å². The molecule has 0 radical (unpaired) electrons. The predicted molar refractivity (Wildman–Crippen MR) is 56.2 cm³/mol. The maximum absolute atomic E-state index is 11.8. The molecule has 1 N–H and O–H groups in total. The van der Waals surface area contributed by atoms with Gasteiger partial charge in [0.15, 0.2) is 5.78 Å². The van der Waals surface area contributed by atoms with Crippen molar-refractivity contribution in [1.29, 1.82) is 0 Å². The molecule has 1 atom stereocenters. The summed E-state index contributed by atoms with van der Waals surface area (Å²) < 4.78 is 0. The van der Waals surface area contributed by atoms with Crippen molar-refractivity contribution in [3.8, 4) is 0 Å². The Hall–Kier alpha value is -1.15. The van der Waals surface area contributed by atoms with Crippen LogP contribution in [0.4, 0.5) is 0 Å². The first-order valence-electron chi connectivity index (χ1n) is 4.74. The number of hydrogen-bond donors (Lipinski definition) is 1. The number of aliphatic hydroxyl groups is 1. The molecule has 0 fully saturated rings. The van der Waals surface area contributed by atoms with Crippen molar-refractivity contribution < 1.29 is 9.90 Å². The molecule has 0 bridgehead atoms. The molecule has 2 nitrogen and oxygen atoms in total. The molecule has 0 heterocycles. The van der Waals surface area contributed by atoms with E-state index in [2.05, 4.69) is 0 Å². The van der Waals surface area contributed by atoms with Crippen LogP contribution in [0.15, 0.2) is 30.3 Å². The molecule has 1 aromatic rings. The van der Waals surface area contributed by atoms with E-state index in [1.807, 2.05) is 18.2 Å². The molecule has 0 aromatic heterocycles. The molecule has 0 saturated carbocycles. The Labute approximate surface area is 84.6 Å². The molecule has 1 aromatic carbocycles. The number of carbonyl (C=O) groups excluding carboxylic acids is 1. The Morgan fingerprint density at radius 2 is 1.79 bits per heavy atom. The van der Waals surface area contributed by atoms with Gasteiger partial charge in [0.1, 0.15) is 0 Å². The van der Waals surface area contributed by atoms with Gasteiger partial charge in [-0.15, -0.1) is 0 Å². The lowest BCUT2D eigenvalue weighted by atomic mass is 9.86. The van der Waals surface area contributed by atoms with E-state index < -0.39 is 5.60 Å². The highest BCUT2D eigenvalue weighted by molar-refractivity contribution is 5.98. The van der Waals surface area contributed by atoms with Crippen LogP contribution in [0.1, 0.15) is 31.1 Å². The summed E-state index contributed by atoms with van der Waals surface area (Å²) in [6.07, 6.45) is 0. The summed E-state index contributed by atoms with van der Waals surface area (Å²) in [6, 6.07) is 9.05. The van der Waals surface area contributed by atoms with Crippen LogP contribution in [0.5, 0.6) is 0 Å². The third-order valence-electron chi connectivity index (χ3n) is 2.51. The van der Waals surface area contributed by atoms with Crippen molar-refractivity contribution in [3.05, 3.63) is 35.9 Å². The molecular formula is C12H16O2. The van der Waals surface area contributed by atoms with Gasteiger partial charge in [0.25, 0.3) is 0 Å². The average Bonchev–Trinajstić information content (AvgIpc) is 2.15. The van der Waals surface area contributed by atoms with Crippen LogP contribution >= 0.6 is 0 Å². The van der Waals surface area contributed by atoms with Gasteiger partial charge in [-0.2, -0.15) is 0 Å². The first-order valence-corrected chi connectivity index (χ1v) is 4.74. The van der Waals surface area contributed by atoms with Gasteiger partial charge in [0, 0.05) is 11.5 Å². The second kappa shape index (κ2) is 3.93. The molecule has 14 heavy (non-hydrogen) atoms. The minimum absolute atomic E-state index is 0.0156. The molecule has 0 aliphatic rings. The summed E-state index contributed by atoms with van der Waals surface area (Å²) in [5, 5.41) is 9.70. The Balaban J connectivity index is 2.87. The van der Waals surface area contributed by atoms with Crippen molar-refractivity contribution in [2.24, 2.45) is 5.92 Å². The third kappa shape index (κ3) is 2.42. The van der Waals surface area contributed by atoms with Gasteiger partial charge in [-0.25, -0.2) is 0 Å². The van der Waals surface area contributed by atoms with Gasteiger partial charge in [0.2, 0.25) is 0 Å². The summed E-state index contributed by atoms with van der Waals surface area (Å²) >= 11 is 0. The topological polar surface area (TPSA) is 37.3 Å². The van der Waals surface area contributed by atoms with Crippen LogP contribution < -0.4 is 0 Å². The SMILES string of the molecule is CC(C(=O)c1ccccc1)C(C)(C)O. The maximum Gasteiger partial charge on any atom is 0.168 e. The van der Waals surface area contributed by atoms with Crippen molar-refractivity contribution in [1.82, 2.24) is 0 Å². The molecule has 0 aliphatic heterocycles. The second-order valence-corrected chi connectivity index (χ2v) is 4.11. The monoisotopic (exact) mass is 192 g/mol. The lowest BCUT2D eigenvalue weighted by Crippen LogP contribution is -2.34. The van der Waals surface area contributed by atoms with Crippen LogP contribution in [-0.4, -0.2) is 16.5 Å². The molecule has 76 valence electrons. The zero-order valence-corrected chi connectivity index (χ0v) is 8.82. The number of benzene rings is 1. The fourth-order valence-electron chi connectivity index (χ4n) is 1.17. The standard InChI is InChI=1S/C12H16O2/c1-9(12(2,3)14)11(13)10-7-5-4-6-8-10/h4-9,14H,1-3H3. The predicted octanol–water partition coefficient (Wildman–Crippen LogP) is 2.28. The molecule has 1 unspecified atom stereocenters. The zero-order valence-electron chi connectivity index (χ0n) is 8.82. The minimum Gasteiger partial charge on any atom is -0.390 e. The molecular weight excluding hydrogens is 176 g/mol. The fourth-order valence-corrected chi connectivity index (χ4v) is 1.17. The maximum atomic E-state index is 11.8. The van der Waals surface area contributed by atoms with Crippen LogP contribution in [0.25, 0.3) is 0 Å². The summed E-state index contributed by atoms with van der Waals surface area (Å²) in [7, 11) is 0. The van der Waals surface area contributed by atoms with E-state index in [0.717, 1.165) is 0 Å². The summed E-state index contributed by atoms with van der Waals surface area (Å²) in [5.74, 6) is -0.400. The van der Waals surface area contributed by atoms with Gasteiger partial charge in [-0.3, -0.25) is 4.79 Å². The first kappa shape index (κ1) is 10.9. The van der Waals surface area contributed by atoms with Gasteiger partial charge >= 0.3 is 0 Å². The highest BCUT2D eigenvalue weighted by Crippen LogP contribution is 2.20. The van der Waals surface area contributed by atoms with Crippen molar-refractivity contribution in [3.63, 3.8) is 0 Å². The summed E-state index contributed by atoms with van der Waals surface area (Å²) in [5.41, 5.74) is -0.311. The molecule has 0 aliphatic carbocycles. The third-order valence-corrected chi connectivity index (χ3v) is 2.51. The number of rotatable bonds is 3. The quantitative estimate of drug-likeness (QED) is 0.746. The Bertz CT molecular complexity index is 309. The van der Waals surface area contributed by atoms with E-state index >= 15 is 0 Å². The highest BCUT2D eigenvalue weighted by atomic mass is 16.3. The highest BCUT2D eigenvalue weighted by Gasteiger charge is 2.29. The Morgan fingerprint density at radius 1 is 1.29 bits per heavy atom. The van der Waals surface area contributed by atoms with Gasteiger partial charge in [-0.1, -0.05) is 37.3 Å². The number of carbonyl (C=O) groups is 1. The fraction of sp³-hybridized carbons (Fsp3) is 0.417. The number of Topliss-reactive ketones (excluding diaryl/α,β-unsaturated/α-hetero) is 1. The van der Waals surface area contributed by atoms with E-state index in [1.54, 1.807) is 32.9 Å². The van der Waals surface area contributed by atoms with Crippen LogP contribution in [-0.2, 0) is 0 Å². The minimum atomic E-state index is -0.965. The first-order chi connectivity index (χ1) is 6.43. The molecule has 0 spiro atoms. The molecule has 0 saturated heterocycles. The molecule has 0 amide bonds. The van der Waals surface area contributed by atoms with E-state index in [9.17, 15) is 9.90 Å². The molecule has 1 rings (SSSR count). The van der Waals surface area contributed by atoms with Crippen molar-refractivity contribution in [2.75, 3.05) is 0 Å². The average molecular weight is 192 g/mol. The molecule has 2 heteroatoms. The van der Waals surface area contributed by atoms with Crippen molar-refractivity contribution in [2.45, 2.75) is 26.4 Å². The Morgan fingerprint density at radius 3 is 2.21 bits per heavy atom. The van der Waals surface area contributed by atoms with Crippen LogP contribution in [0, 0.1) is 5.92 Å². The van der Waals surface area contributed by atoms with E-state index in [-0.39, 0.29) is 11.7 Å². The summed E-state index contributed by atoms with van der Waals surface area (Å²) in [6.45, 7) is 5.05. The number of ketones is 1. The van der Waals surface area contributed by atoms with Crippen molar-refractivity contribution >= 4 is 5.78 Å². The summed E-state index contributed by atoms with van der Waals surface area (Å²) in [4.78, 5) is 11.8. The second-order valence-electron chi connectivity index (χ2n) is 4.11. The van der Waals surface area contributed by atoms with E-state index in [4.69, 9.17) is 0 Å². The van der Waals surface area contributed by atoms with E-state index in [0.29, 0.717) is 5.56 Å². The normalized spacial score (nSPS) is 13.7. The van der Waals surface area contributed by atoms with Gasteiger partial charge in [0.05, 0.1) is 5.60 Å². The van der Waals surface area contributed by atoms with Crippen LogP contribution in [0.2, 0.25) is 0 Å². The van der Waals surface area contributed by atoms with Gasteiger partial charge < -0.3 is 5.11 Å². The largest absolute Gasteiger partial charge is 0.390 e. The van der Waals surface area contributed by atoms with E-state index in [1.165, 1.54) is 0 Å². The lowest BCUT2D eigenvalue weighted by molar-refractivity contribution is 0.0252. The lowest BCUT2D eigenvalue weighted by Gasteiger charge is -2.24. The Kier molecular flexibility index (Phi) is 3.06. The smallest absolute Gasteiger partial charge is 0.168 e. The number of hydrogen-bond acceptors (Lipinski definition) is 2. The van der Waals surface area contributed by atoms with Gasteiger partial charge in [-0.05, 0) is 13.8 Å².